The molecule has 28 heavy (non-hydrogen) atoms. The maximum atomic E-state index is 12.1. The van der Waals surface area contributed by atoms with Crippen molar-refractivity contribution in [3.8, 4) is 0 Å². The molecule has 1 aliphatic rings. The predicted octanol–water partition coefficient (Wildman–Crippen LogP) is 3.53. The summed E-state index contributed by atoms with van der Waals surface area (Å²) in [6, 6.07) is 7.31. The second-order valence-corrected chi connectivity index (χ2v) is 6.68. The highest BCUT2D eigenvalue weighted by Crippen LogP contribution is 2.15. The summed E-state index contributed by atoms with van der Waals surface area (Å²) in [6.07, 6.45) is -0.393. The van der Waals surface area contributed by atoms with Gasteiger partial charge in [-0.15, -0.1) is 24.0 Å². The lowest BCUT2D eigenvalue weighted by Crippen LogP contribution is -2.42. The van der Waals surface area contributed by atoms with Gasteiger partial charge in [0.2, 0.25) is 0 Å². The summed E-state index contributed by atoms with van der Waals surface area (Å²) in [7, 11) is 1.73. The number of alkyl halides is 3. The number of aliphatic imine (C=N–C) groups is 1. The molecule has 0 unspecified atom stereocenters. The van der Waals surface area contributed by atoms with Gasteiger partial charge >= 0.3 is 6.18 Å². The molecule has 0 radical (unpaired) electrons. The van der Waals surface area contributed by atoms with Gasteiger partial charge in [-0.2, -0.15) is 13.2 Å². The first-order valence-corrected chi connectivity index (χ1v) is 9.35. The van der Waals surface area contributed by atoms with Gasteiger partial charge in [-0.25, -0.2) is 0 Å². The third-order valence-electron chi connectivity index (χ3n) is 4.41. The van der Waals surface area contributed by atoms with Crippen LogP contribution in [0, 0.1) is 0 Å². The highest BCUT2D eigenvalue weighted by molar-refractivity contribution is 14.0. The van der Waals surface area contributed by atoms with Crippen molar-refractivity contribution in [3.63, 3.8) is 0 Å². The van der Waals surface area contributed by atoms with Crippen molar-refractivity contribution in [3.05, 3.63) is 35.4 Å². The summed E-state index contributed by atoms with van der Waals surface area (Å²) in [5, 5.41) is 6.56. The second-order valence-electron chi connectivity index (χ2n) is 6.68. The summed E-state index contributed by atoms with van der Waals surface area (Å²) in [6.45, 7) is 3.51. The zero-order chi connectivity index (χ0) is 19.5. The Labute approximate surface area is 182 Å². The van der Waals surface area contributed by atoms with Crippen LogP contribution >= 0.6 is 24.0 Å². The highest BCUT2D eigenvalue weighted by atomic mass is 127. The summed E-state index contributed by atoms with van der Waals surface area (Å²) in [5.41, 5.74) is 1.74. The van der Waals surface area contributed by atoms with Gasteiger partial charge in [-0.05, 0) is 37.1 Å². The van der Waals surface area contributed by atoms with E-state index >= 15 is 0 Å². The number of likely N-dealkylation sites (tertiary alicyclic amines) is 1. The van der Waals surface area contributed by atoms with Crippen LogP contribution in [0.25, 0.3) is 0 Å². The minimum atomic E-state index is -4.29. The number of rotatable bonds is 8. The number of guanidine groups is 1. The molecule has 9 heteroatoms. The molecule has 1 aliphatic heterocycles. The van der Waals surface area contributed by atoms with Crippen LogP contribution in [0.5, 0.6) is 0 Å². The molecule has 2 rings (SSSR count). The Hall–Kier alpha value is -1.07. The van der Waals surface area contributed by atoms with Crippen LogP contribution in [0.4, 0.5) is 13.2 Å². The van der Waals surface area contributed by atoms with Crippen LogP contribution in [0.1, 0.15) is 30.4 Å². The molecule has 0 aliphatic carbocycles. The molecular formula is C19H30F3IN4O. The van der Waals surface area contributed by atoms with Crippen molar-refractivity contribution < 1.29 is 17.9 Å². The van der Waals surface area contributed by atoms with E-state index in [0.29, 0.717) is 12.1 Å². The van der Waals surface area contributed by atoms with E-state index < -0.39 is 12.8 Å². The van der Waals surface area contributed by atoms with Crippen molar-refractivity contribution in [2.75, 3.05) is 39.8 Å². The van der Waals surface area contributed by atoms with Crippen LogP contribution in [0.2, 0.25) is 0 Å². The quantitative estimate of drug-likeness (QED) is 0.317. The van der Waals surface area contributed by atoms with Gasteiger partial charge in [-0.3, -0.25) is 4.99 Å². The summed E-state index contributed by atoms with van der Waals surface area (Å²) >= 11 is 0. The van der Waals surface area contributed by atoms with E-state index in [0.717, 1.165) is 24.6 Å². The van der Waals surface area contributed by atoms with Gasteiger partial charge in [-0.1, -0.05) is 30.7 Å². The van der Waals surface area contributed by atoms with Crippen LogP contribution in [0.3, 0.4) is 0 Å². The molecule has 0 aromatic heterocycles. The normalized spacial score (nSPS) is 15.8. The highest BCUT2D eigenvalue weighted by Gasteiger charge is 2.27. The minimum Gasteiger partial charge on any atom is -0.367 e. The maximum Gasteiger partial charge on any atom is 0.411 e. The molecule has 2 N–H and O–H groups in total. The van der Waals surface area contributed by atoms with Crippen LogP contribution in [0.15, 0.2) is 29.3 Å². The molecule has 5 nitrogen and oxygen atoms in total. The fourth-order valence-corrected chi connectivity index (χ4v) is 2.96. The number of nitrogens with zero attached hydrogens (tertiary/aromatic N) is 2. The number of benzene rings is 1. The van der Waals surface area contributed by atoms with E-state index in [1.807, 2.05) is 12.1 Å². The Morgan fingerprint density at radius 1 is 1.07 bits per heavy atom. The van der Waals surface area contributed by atoms with Gasteiger partial charge in [0.15, 0.2) is 5.96 Å². The lowest BCUT2D eigenvalue weighted by molar-refractivity contribution is -0.176. The van der Waals surface area contributed by atoms with Crippen LogP contribution < -0.4 is 10.6 Å². The zero-order valence-electron chi connectivity index (χ0n) is 16.2. The Morgan fingerprint density at radius 3 is 2.32 bits per heavy atom. The van der Waals surface area contributed by atoms with E-state index in [2.05, 4.69) is 25.3 Å². The van der Waals surface area contributed by atoms with Crippen molar-refractivity contribution >= 4 is 29.9 Å². The van der Waals surface area contributed by atoms with Crippen molar-refractivity contribution in [1.82, 2.24) is 15.5 Å². The molecule has 0 saturated carbocycles. The molecule has 1 saturated heterocycles. The Bertz CT molecular complexity index is 576. The fourth-order valence-electron chi connectivity index (χ4n) is 2.96. The molecule has 1 aromatic carbocycles. The van der Waals surface area contributed by atoms with E-state index in [4.69, 9.17) is 0 Å². The first-order valence-electron chi connectivity index (χ1n) is 9.35. The molecule has 0 amide bonds. The van der Waals surface area contributed by atoms with Gasteiger partial charge in [0.25, 0.3) is 0 Å². The number of nitrogens with one attached hydrogen (secondary N) is 2. The standard InChI is InChI=1S/C19H29F3N4O.HI/c1-23-18(24-9-12-26-10-3-2-4-11-26)25-13-16-5-7-17(8-6-16)14-27-15-19(20,21)22;/h5-8H,2-4,9-15H2,1H3,(H2,23,24,25);1H. The summed E-state index contributed by atoms with van der Waals surface area (Å²) in [5.74, 6) is 0.740. The second kappa shape index (κ2) is 13.2. The van der Waals surface area contributed by atoms with Gasteiger partial charge in [0, 0.05) is 26.7 Å². The number of halogens is 4. The SMILES string of the molecule is CN=C(NCCN1CCCCC1)NCc1ccc(COCC(F)(F)F)cc1.I. The van der Waals surface area contributed by atoms with Crippen LogP contribution in [-0.2, 0) is 17.9 Å². The Morgan fingerprint density at radius 2 is 1.71 bits per heavy atom. The molecule has 0 spiro atoms. The molecule has 1 heterocycles. The Kier molecular flexibility index (Phi) is 11.8. The largest absolute Gasteiger partial charge is 0.411 e. The third kappa shape index (κ3) is 10.5. The smallest absolute Gasteiger partial charge is 0.367 e. The molecule has 1 aromatic rings. The number of ether oxygens (including phenoxy) is 1. The molecule has 0 bridgehead atoms. The monoisotopic (exact) mass is 514 g/mol. The van der Waals surface area contributed by atoms with Crippen LogP contribution in [-0.4, -0.2) is 56.9 Å². The average Bonchev–Trinajstić information content (AvgIpc) is 2.65. The zero-order valence-corrected chi connectivity index (χ0v) is 18.6. The molecule has 0 atom stereocenters. The molecule has 160 valence electrons. The van der Waals surface area contributed by atoms with Gasteiger partial charge in [0.1, 0.15) is 6.61 Å². The topological polar surface area (TPSA) is 48.9 Å². The van der Waals surface area contributed by atoms with E-state index in [1.165, 1.54) is 32.4 Å². The predicted molar refractivity (Wildman–Crippen MR) is 116 cm³/mol. The van der Waals surface area contributed by atoms with E-state index in [1.54, 1.807) is 19.2 Å². The molecular weight excluding hydrogens is 484 g/mol. The lowest BCUT2D eigenvalue weighted by Gasteiger charge is -2.26. The Balaban J connectivity index is 0.00000392. The lowest BCUT2D eigenvalue weighted by atomic mass is 10.1. The molecule has 1 fully saturated rings. The number of hydrogen-bond acceptors (Lipinski definition) is 3. The van der Waals surface area contributed by atoms with E-state index in [9.17, 15) is 13.2 Å². The fraction of sp³-hybridized carbons (Fsp3) is 0.632. The van der Waals surface area contributed by atoms with E-state index in [-0.39, 0.29) is 30.6 Å². The first-order chi connectivity index (χ1) is 13.0. The maximum absolute atomic E-state index is 12.1. The number of hydrogen-bond donors (Lipinski definition) is 2. The summed E-state index contributed by atoms with van der Waals surface area (Å²) < 4.78 is 40.9. The van der Waals surface area contributed by atoms with Crippen molar-refractivity contribution in [1.29, 1.82) is 0 Å². The third-order valence-corrected chi connectivity index (χ3v) is 4.41. The van der Waals surface area contributed by atoms with Crippen molar-refractivity contribution in [2.45, 2.75) is 38.6 Å². The van der Waals surface area contributed by atoms with Crippen molar-refractivity contribution in [2.24, 2.45) is 4.99 Å². The first kappa shape index (κ1) is 25.0. The summed E-state index contributed by atoms with van der Waals surface area (Å²) in [4.78, 5) is 6.68. The minimum absolute atomic E-state index is 0. The van der Waals surface area contributed by atoms with Gasteiger partial charge in [0.05, 0.1) is 6.61 Å². The van der Waals surface area contributed by atoms with Gasteiger partial charge < -0.3 is 20.3 Å². The average molecular weight is 514 g/mol. The number of piperidine rings is 1.